The van der Waals surface area contributed by atoms with Crippen LogP contribution in [0.3, 0.4) is 0 Å². The fraction of sp³-hybridized carbons (Fsp3) is 0.579. The lowest BCUT2D eigenvalue weighted by molar-refractivity contribution is -0.159. The lowest BCUT2D eigenvalue weighted by Crippen LogP contribution is -2.57. The minimum Gasteiger partial charge on any atom is -0.458 e. The van der Waals surface area contributed by atoms with Gasteiger partial charge in [-0.25, -0.2) is 9.59 Å². The van der Waals surface area contributed by atoms with Crippen molar-refractivity contribution in [2.24, 2.45) is 5.92 Å². The van der Waals surface area contributed by atoms with Crippen LogP contribution in [-0.4, -0.2) is 58.1 Å². The highest BCUT2D eigenvalue weighted by Crippen LogP contribution is 2.30. The van der Waals surface area contributed by atoms with Gasteiger partial charge in [0.1, 0.15) is 29.3 Å². The van der Waals surface area contributed by atoms with Gasteiger partial charge in [-0.15, -0.1) is 0 Å². The molecule has 0 aliphatic rings. The summed E-state index contributed by atoms with van der Waals surface area (Å²) in [7, 11) is 0. The summed E-state index contributed by atoms with van der Waals surface area (Å²) in [5.74, 6) is -1.44. The Morgan fingerprint density at radius 2 is 1.40 bits per heavy atom. The van der Waals surface area contributed by atoms with Crippen LogP contribution in [0, 0.1) is 19.8 Å². The molecule has 0 heterocycles. The number of nitrogens with one attached hydrogen (secondary N) is 2. The monoisotopic (exact) mass is 651 g/mol. The zero-order valence-corrected chi connectivity index (χ0v) is 30.5. The van der Waals surface area contributed by atoms with Gasteiger partial charge in [-0.05, 0) is 97.8 Å². The molecule has 3 amide bonds. The van der Waals surface area contributed by atoms with E-state index in [1.165, 1.54) is 0 Å². The molecule has 0 aliphatic heterocycles. The number of benzene rings is 2. The molecule has 2 N–H and O–H groups in total. The third-order valence-electron chi connectivity index (χ3n) is 7.55. The molecule has 0 fully saturated rings. The molecule has 2 aromatic rings. The molecule has 9 nitrogen and oxygen atoms in total. The van der Waals surface area contributed by atoms with Crippen LogP contribution < -0.4 is 10.6 Å². The molecule has 2 rings (SSSR count). The number of alkyl carbamates (subject to hydrolysis) is 1. The van der Waals surface area contributed by atoms with Gasteiger partial charge in [0.25, 0.3) is 0 Å². The molecule has 47 heavy (non-hydrogen) atoms. The highest BCUT2D eigenvalue weighted by Gasteiger charge is 2.41. The predicted molar refractivity (Wildman–Crippen MR) is 186 cm³/mol. The van der Waals surface area contributed by atoms with E-state index in [1.54, 1.807) is 46.4 Å². The van der Waals surface area contributed by atoms with Gasteiger partial charge in [0.05, 0.1) is 0 Å². The van der Waals surface area contributed by atoms with Crippen molar-refractivity contribution in [2.75, 3.05) is 0 Å². The Morgan fingerprint density at radius 3 is 1.91 bits per heavy atom. The highest BCUT2D eigenvalue weighted by atomic mass is 16.6. The maximum atomic E-state index is 14.7. The molecule has 0 aromatic heterocycles. The third kappa shape index (κ3) is 12.7. The second-order valence-electron chi connectivity index (χ2n) is 14.9. The van der Waals surface area contributed by atoms with Gasteiger partial charge < -0.3 is 25.0 Å². The summed E-state index contributed by atoms with van der Waals surface area (Å²) in [6, 6.07) is 11.7. The first-order chi connectivity index (χ1) is 21.7. The van der Waals surface area contributed by atoms with E-state index >= 15 is 0 Å². The maximum absolute atomic E-state index is 14.7. The second kappa shape index (κ2) is 16.8. The van der Waals surface area contributed by atoms with Crippen LogP contribution in [0.25, 0.3) is 0 Å². The van der Waals surface area contributed by atoms with E-state index in [1.807, 2.05) is 90.1 Å². The zero-order valence-electron chi connectivity index (χ0n) is 30.5. The van der Waals surface area contributed by atoms with Crippen LogP contribution in [0.2, 0.25) is 0 Å². The Hall–Kier alpha value is -3.88. The van der Waals surface area contributed by atoms with E-state index in [-0.39, 0.29) is 12.3 Å². The normalized spacial score (nSPS) is 14.4. The van der Waals surface area contributed by atoms with E-state index in [0.29, 0.717) is 18.4 Å². The average Bonchev–Trinajstić information content (AvgIpc) is 2.93. The molecule has 0 saturated carbocycles. The van der Waals surface area contributed by atoms with Gasteiger partial charge >= 0.3 is 12.1 Å². The minimum atomic E-state index is -1.10. The Kier molecular flexibility index (Phi) is 14.0. The van der Waals surface area contributed by atoms with E-state index in [9.17, 15) is 19.2 Å². The molecule has 9 heteroatoms. The van der Waals surface area contributed by atoms with Crippen molar-refractivity contribution in [3.05, 3.63) is 70.8 Å². The largest absolute Gasteiger partial charge is 0.458 e. The highest BCUT2D eigenvalue weighted by molar-refractivity contribution is 5.94. The first-order valence-electron chi connectivity index (χ1n) is 16.7. The standard InChI is InChI=1S/C38H57N3O6/c1-13-27(6)41(34(43)30(21-24(2)3)40-36(45)47-38(10,11)12)32(29-20-19-25(4)22-26(29)5)33(42)39-31(35(44)46-37(7,8)9)23-28-17-15-14-16-18-28/h14-20,22,24,27,30-32H,13,21,23H2,1-12H3,(H,39,42)(H,40,45). The number of aryl methyl sites for hydroxylation is 2. The van der Waals surface area contributed by atoms with Crippen LogP contribution in [0.5, 0.6) is 0 Å². The number of carbonyl (C=O) groups is 4. The molecule has 0 aliphatic carbocycles. The number of carbonyl (C=O) groups excluding carboxylic acids is 4. The maximum Gasteiger partial charge on any atom is 0.408 e. The molecule has 0 bridgehead atoms. The smallest absolute Gasteiger partial charge is 0.408 e. The van der Waals surface area contributed by atoms with Crippen molar-refractivity contribution in [1.29, 1.82) is 0 Å². The third-order valence-corrected chi connectivity index (χ3v) is 7.55. The molecule has 0 saturated heterocycles. The summed E-state index contributed by atoms with van der Waals surface area (Å²) >= 11 is 0. The Balaban J connectivity index is 2.69. The number of esters is 1. The summed E-state index contributed by atoms with van der Waals surface area (Å²) in [4.78, 5) is 57.4. The van der Waals surface area contributed by atoms with Crippen LogP contribution in [0.15, 0.2) is 48.5 Å². The number of hydrogen-bond donors (Lipinski definition) is 2. The van der Waals surface area contributed by atoms with Gasteiger partial charge in [0.15, 0.2) is 0 Å². The van der Waals surface area contributed by atoms with E-state index in [4.69, 9.17) is 9.47 Å². The van der Waals surface area contributed by atoms with E-state index < -0.39 is 59.2 Å². The Bertz CT molecular complexity index is 1360. The Morgan fingerprint density at radius 1 is 0.809 bits per heavy atom. The lowest BCUT2D eigenvalue weighted by Gasteiger charge is -2.39. The molecule has 260 valence electrons. The number of hydrogen-bond acceptors (Lipinski definition) is 6. The fourth-order valence-corrected chi connectivity index (χ4v) is 5.33. The average molecular weight is 652 g/mol. The zero-order chi connectivity index (χ0) is 35.7. The van der Waals surface area contributed by atoms with Crippen LogP contribution in [-0.2, 0) is 30.3 Å². The second-order valence-corrected chi connectivity index (χ2v) is 14.9. The van der Waals surface area contributed by atoms with Gasteiger partial charge in [-0.3, -0.25) is 9.59 Å². The van der Waals surface area contributed by atoms with Crippen molar-refractivity contribution in [3.63, 3.8) is 0 Å². The summed E-state index contributed by atoms with van der Waals surface area (Å²) < 4.78 is 11.3. The van der Waals surface area contributed by atoms with Crippen molar-refractivity contribution in [3.8, 4) is 0 Å². The number of amides is 3. The molecule has 0 radical (unpaired) electrons. The topological polar surface area (TPSA) is 114 Å². The molecule has 4 unspecified atom stereocenters. The van der Waals surface area contributed by atoms with Crippen LogP contribution in [0.4, 0.5) is 4.79 Å². The van der Waals surface area contributed by atoms with Crippen molar-refractivity contribution in [2.45, 2.75) is 138 Å². The van der Waals surface area contributed by atoms with E-state index in [2.05, 4.69) is 10.6 Å². The molecular formula is C38H57N3O6. The van der Waals surface area contributed by atoms with Crippen molar-refractivity contribution >= 4 is 23.9 Å². The van der Waals surface area contributed by atoms with Gasteiger partial charge in [-0.1, -0.05) is 74.9 Å². The molecule has 0 spiro atoms. The van der Waals surface area contributed by atoms with Gasteiger partial charge in [0, 0.05) is 12.5 Å². The first-order valence-corrected chi connectivity index (χ1v) is 16.7. The quantitative estimate of drug-likeness (QED) is 0.226. The Labute approximate surface area is 282 Å². The number of ether oxygens (including phenoxy) is 2. The van der Waals surface area contributed by atoms with Crippen LogP contribution >= 0.6 is 0 Å². The van der Waals surface area contributed by atoms with Crippen LogP contribution in [0.1, 0.15) is 110 Å². The molecule has 4 atom stereocenters. The number of rotatable bonds is 13. The summed E-state index contributed by atoms with van der Waals surface area (Å²) in [6.07, 6.45) is 0.372. The minimum absolute atomic E-state index is 0.0495. The number of nitrogens with zero attached hydrogens (tertiary/aromatic N) is 1. The van der Waals surface area contributed by atoms with Crippen molar-refractivity contribution in [1.82, 2.24) is 15.5 Å². The van der Waals surface area contributed by atoms with Crippen molar-refractivity contribution < 1.29 is 28.7 Å². The predicted octanol–water partition coefficient (Wildman–Crippen LogP) is 6.98. The summed E-state index contributed by atoms with van der Waals surface area (Å²) in [5, 5.41) is 5.77. The molecular weight excluding hydrogens is 594 g/mol. The summed E-state index contributed by atoms with van der Waals surface area (Å²) in [6.45, 7) is 22.2. The van der Waals surface area contributed by atoms with E-state index in [0.717, 1.165) is 16.7 Å². The summed E-state index contributed by atoms with van der Waals surface area (Å²) in [5.41, 5.74) is 1.77. The fourth-order valence-electron chi connectivity index (χ4n) is 5.33. The first kappa shape index (κ1) is 39.3. The van der Waals surface area contributed by atoms with Gasteiger partial charge in [-0.2, -0.15) is 0 Å². The van der Waals surface area contributed by atoms with Gasteiger partial charge in [0.2, 0.25) is 11.8 Å². The molecule has 2 aromatic carbocycles. The lowest BCUT2D eigenvalue weighted by atomic mass is 9.93. The SMILES string of the molecule is CCC(C)N(C(=O)C(CC(C)C)NC(=O)OC(C)(C)C)C(C(=O)NC(Cc1ccccc1)C(=O)OC(C)(C)C)c1ccc(C)cc1C.